The number of ether oxygens (including phenoxy) is 1. The van der Waals surface area contributed by atoms with Crippen molar-refractivity contribution in [2.24, 2.45) is 0 Å². The summed E-state index contributed by atoms with van der Waals surface area (Å²) >= 11 is 0. The van der Waals surface area contributed by atoms with Crippen molar-refractivity contribution in [1.82, 2.24) is 4.90 Å². The summed E-state index contributed by atoms with van der Waals surface area (Å²) in [6, 6.07) is 8.40. The van der Waals surface area contributed by atoms with Crippen LogP contribution in [0.25, 0.3) is 6.08 Å². The van der Waals surface area contributed by atoms with Gasteiger partial charge in [-0.25, -0.2) is 0 Å². The minimum Gasteiger partial charge on any atom is -0.367 e. The Morgan fingerprint density at radius 2 is 2.00 bits per heavy atom. The first-order valence-corrected chi connectivity index (χ1v) is 7.70. The zero-order valence-electron chi connectivity index (χ0n) is 13.8. The molecule has 1 atom stereocenters. The van der Waals surface area contributed by atoms with Crippen molar-refractivity contribution in [1.29, 1.82) is 0 Å². The summed E-state index contributed by atoms with van der Waals surface area (Å²) in [7, 11) is 4.11. The molecule has 0 saturated carbocycles. The van der Waals surface area contributed by atoms with E-state index in [2.05, 4.69) is 74.1 Å². The van der Waals surface area contributed by atoms with Gasteiger partial charge < -0.3 is 9.64 Å². The van der Waals surface area contributed by atoms with Crippen molar-refractivity contribution < 1.29 is 4.74 Å². The van der Waals surface area contributed by atoms with Crippen LogP contribution in [0.4, 0.5) is 0 Å². The third-order valence-corrected chi connectivity index (χ3v) is 3.73. The zero-order valence-corrected chi connectivity index (χ0v) is 13.8. The lowest BCUT2D eigenvalue weighted by Crippen LogP contribution is -2.20. The molecule has 0 bridgehead atoms. The zero-order chi connectivity index (χ0) is 15.9. The molecule has 2 heteroatoms. The maximum Gasteiger partial charge on any atom is 0.109 e. The summed E-state index contributed by atoms with van der Waals surface area (Å²) in [5, 5.41) is 0. The van der Waals surface area contributed by atoms with Crippen LogP contribution in [-0.2, 0) is 4.74 Å². The van der Waals surface area contributed by atoms with Crippen LogP contribution in [0.15, 0.2) is 66.3 Å². The molecule has 1 aliphatic carbocycles. The molecule has 1 aromatic rings. The molecule has 2 rings (SSSR count). The van der Waals surface area contributed by atoms with Gasteiger partial charge in [0.1, 0.15) is 6.10 Å². The summed E-state index contributed by atoms with van der Waals surface area (Å²) in [6.45, 7) is 7.62. The fourth-order valence-corrected chi connectivity index (χ4v) is 2.59. The molecule has 0 saturated heterocycles. The first-order chi connectivity index (χ1) is 10.7. The molecular formula is C20H25NO. The smallest absolute Gasteiger partial charge is 0.109 e. The monoisotopic (exact) mass is 295 g/mol. The Hall–Kier alpha value is -1.90. The van der Waals surface area contributed by atoms with Crippen LogP contribution in [0, 0.1) is 0 Å². The summed E-state index contributed by atoms with van der Waals surface area (Å²) < 4.78 is 6.24. The van der Waals surface area contributed by atoms with Gasteiger partial charge in [0, 0.05) is 6.54 Å². The van der Waals surface area contributed by atoms with Gasteiger partial charge in [-0.2, -0.15) is 0 Å². The summed E-state index contributed by atoms with van der Waals surface area (Å²) in [5.74, 6) is 0. The van der Waals surface area contributed by atoms with Crippen molar-refractivity contribution in [3.05, 3.63) is 77.4 Å². The van der Waals surface area contributed by atoms with E-state index in [1.165, 1.54) is 11.1 Å². The van der Waals surface area contributed by atoms with Crippen LogP contribution < -0.4 is 0 Å². The molecule has 22 heavy (non-hydrogen) atoms. The van der Waals surface area contributed by atoms with Crippen molar-refractivity contribution in [3.8, 4) is 0 Å². The van der Waals surface area contributed by atoms with Crippen molar-refractivity contribution in [2.75, 3.05) is 27.2 Å². The van der Waals surface area contributed by atoms with Gasteiger partial charge in [0.2, 0.25) is 0 Å². The third-order valence-electron chi connectivity index (χ3n) is 3.73. The second kappa shape index (κ2) is 7.92. The molecular weight excluding hydrogens is 270 g/mol. The standard InChI is InChI=1S/C20H25NO/c1-5-9-16-12-13-17-10-7-8-11-19(17)20(18(16)6-2)22-15-14-21(3)4/h5-13,20H,2,14-15H2,1,3-4H3. The van der Waals surface area contributed by atoms with Crippen molar-refractivity contribution in [3.63, 3.8) is 0 Å². The predicted molar refractivity (Wildman–Crippen MR) is 94.8 cm³/mol. The maximum absolute atomic E-state index is 6.24. The van der Waals surface area contributed by atoms with Crippen LogP contribution in [-0.4, -0.2) is 32.1 Å². The lowest BCUT2D eigenvalue weighted by Gasteiger charge is -2.22. The van der Waals surface area contributed by atoms with E-state index in [0.717, 1.165) is 17.7 Å². The quantitative estimate of drug-likeness (QED) is 0.771. The van der Waals surface area contributed by atoms with E-state index in [9.17, 15) is 0 Å². The lowest BCUT2D eigenvalue weighted by atomic mass is 9.96. The average molecular weight is 295 g/mol. The Bertz CT molecular complexity index is 608. The van der Waals surface area contributed by atoms with E-state index < -0.39 is 0 Å². The van der Waals surface area contributed by atoms with Gasteiger partial charge in [0.05, 0.1) is 6.61 Å². The van der Waals surface area contributed by atoms with Crippen molar-refractivity contribution in [2.45, 2.75) is 13.0 Å². The molecule has 116 valence electrons. The molecule has 2 nitrogen and oxygen atoms in total. The van der Waals surface area contributed by atoms with Crippen LogP contribution in [0.2, 0.25) is 0 Å². The van der Waals surface area contributed by atoms with Gasteiger partial charge in [0.25, 0.3) is 0 Å². The highest BCUT2D eigenvalue weighted by atomic mass is 16.5. The summed E-state index contributed by atoms with van der Waals surface area (Å²) in [4.78, 5) is 2.13. The van der Waals surface area contributed by atoms with Crippen molar-refractivity contribution >= 4 is 6.08 Å². The molecule has 0 fully saturated rings. The number of fused-ring (bicyclic) bond motifs is 1. The number of allylic oxidation sites excluding steroid dienone is 4. The Morgan fingerprint density at radius 3 is 2.68 bits per heavy atom. The first kappa shape index (κ1) is 16.5. The minimum absolute atomic E-state index is 0.0742. The van der Waals surface area contributed by atoms with E-state index in [1.54, 1.807) is 0 Å². The van der Waals surface area contributed by atoms with E-state index in [1.807, 2.05) is 13.0 Å². The number of nitrogens with zero attached hydrogens (tertiary/aromatic N) is 1. The molecule has 1 aliphatic rings. The number of likely N-dealkylation sites (N-methyl/N-ethyl adjacent to an activating group) is 1. The predicted octanol–water partition coefficient (Wildman–Crippen LogP) is 4.39. The van der Waals surface area contributed by atoms with Gasteiger partial charge in [-0.1, -0.05) is 61.2 Å². The van der Waals surface area contributed by atoms with Crippen LogP contribution >= 0.6 is 0 Å². The number of rotatable bonds is 6. The second-order valence-corrected chi connectivity index (χ2v) is 5.63. The fraction of sp³-hybridized carbons (Fsp3) is 0.300. The normalized spacial score (nSPS) is 17.9. The maximum atomic E-state index is 6.24. The summed E-state index contributed by atoms with van der Waals surface area (Å²) in [5.41, 5.74) is 4.68. The largest absolute Gasteiger partial charge is 0.367 e. The molecule has 0 amide bonds. The van der Waals surface area contributed by atoms with Crippen LogP contribution in [0.5, 0.6) is 0 Å². The van der Waals surface area contributed by atoms with Gasteiger partial charge in [-0.15, -0.1) is 0 Å². The highest BCUT2D eigenvalue weighted by Gasteiger charge is 2.21. The molecule has 0 aromatic heterocycles. The van der Waals surface area contributed by atoms with Crippen LogP contribution in [0.3, 0.4) is 0 Å². The number of benzene rings is 1. The molecule has 1 aromatic carbocycles. The molecule has 1 unspecified atom stereocenters. The van der Waals surface area contributed by atoms with Gasteiger partial charge in [-0.05, 0) is 43.3 Å². The van der Waals surface area contributed by atoms with E-state index >= 15 is 0 Å². The Kier molecular flexibility index (Phi) is 5.93. The van der Waals surface area contributed by atoms with Gasteiger partial charge in [-0.3, -0.25) is 0 Å². The molecule has 0 N–H and O–H groups in total. The fourth-order valence-electron chi connectivity index (χ4n) is 2.59. The van der Waals surface area contributed by atoms with E-state index in [-0.39, 0.29) is 6.10 Å². The highest BCUT2D eigenvalue weighted by Crippen LogP contribution is 2.35. The summed E-state index contributed by atoms with van der Waals surface area (Å²) in [6.07, 6.45) is 10.3. The average Bonchev–Trinajstić information content (AvgIpc) is 2.65. The molecule has 0 radical (unpaired) electrons. The lowest BCUT2D eigenvalue weighted by molar-refractivity contribution is 0.0680. The SMILES string of the molecule is C=CC1=C(C=CC)C=Cc2ccccc2C1OCCN(C)C. The van der Waals surface area contributed by atoms with E-state index in [4.69, 9.17) is 4.74 Å². The molecule has 0 aliphatic heterocycles. The Labute approximate surface area is 134 Å². The molecule has 0 heterocycles. The minimum atomic E-state index is -0.0742. The topological polar surface area (TPSA) is 12.5 Å². The number of hydrogen-bond acceptors (Lipinski definition) is 2. The Morgan fingerprint density at radius 1 is 1.23 bits per heavy atom. The Balaban J connectivity index is 2.42. The number of hydrogen-bond donors (Lipinski definition) is 0. The third kappa shape index (κ3) is 3.85. The van der Waals surface area contributed by atoms with Gasteiger partial charge in [0.15, 0.2) is 0 Å². The second-order valence-electron chi connectivity index (χ2n) is 5.63. The van der Waals surface area contributed by atoms with E-state index in [0.29, 0.717) is 6.61 Å². The first-order valence-electron chi connectivity index (χ1n) is 7.70. The van der Waals surface area contributed by atoms with Crippen LogP contribution in [0.1, 0.15) is 24.2 Å². The molecule has 0 spiro atoms. The highest BCUT2D eigenvalue weighted by molar-refractivity contribution is 5.64. The van der Waals surface area contributed by atoms with Gasteiger partial charge >= 0.3 is 0 Å².